The Morgan fingerprint density at radius 2 is 1.84 bits per heavy atom. The van der Waals surface area contributed by atoms with Crippen LogP contribution in [-0.2, 0) is 4.79 Å². The molecule has 1 aliphatic carbocycles. The smallest absolute Gasteiger partial charge is 0.226 e. The molecule has 0 bridgehead atoms. The molecule has 2 unspecified atom stereocenters. The van der Waals surface area contributed by atoms with Gasteiger partial charge in [0.15, 0.2) is 5.78 Å². The van der Waals surface area contributed by atoms with Crippen LogP contribution in [0, 0.1) is 0 Å². The lowest BCUT2D eigenvalue weighted by Gasteiger charge is -2.34. The van der Waals surface area contributed by atoms with Crippen molar-refractivity contribution >= 4 is 17.8 Å². The van der Waals surface area contributed by atoms with Crippen LogP contribution < -0.4 is 5.32 Å². The van der Waals surface area contributed by atoms with E-state index in [0.717, 1.165) is 23.3 Å². The predicted octanol–water partition coefficient (Wildman–Crippen LogP) is 5.48. The summed E-state index contributed by atoms with van der Waals surface area (Å²) in [5.74, 6) is 1.54. The number of Topliss-reactive ketones (excluding diaryl/α,β-unsaturated/α-hetero) is 1. The van der Waals surface area contributed by atoms with Crippen LogP contribution in [-0.4, -0.2) is 20.5 Å². The van der Waals surface area contributed by atoms with Gasteiger partial charge in [0.05, 0.1) is 0 Å². The molecule has 2 heterocycles. The third-order valence-corrected chi connectivity index (χ3v) is 6.25. The van der Waals surface area contributed by atoms with Crippen LogP contribution in [0.15, 0.2) is 78.3 Å². The number of nitrogens with one attached hydrogen (secondary N) is 1. The molecule has 0 radical (unpaired) electrons. The lowest BCUT2D eigenvalue weighted by molar-refractivity contribution is -0.116. The third kappa shape index (κ3) is 3.72. The van der Waals surface area contributed by atoms with Gasteiger partial charge >= 0.3 is 0 Å². The molecule has 5 nitrogen and oxygen atoms in total. The fourth-order valence-electron chi connectivity index (χ4n) is 4.53. The van der Waals surface area contributed by atoms with Crippen molar-refractivity contribution in [3.63, 3.8) is 0 Å². The van der Waals surface area contributed by atoms with E-state index in [4.69, 9.17) is 0 Å². The maximum Gasteiger partial charge on any atom is 0.226 e. The fourth-order valence-corrected chi connectivity index (χ4v) is 4.53. The molecule has 2 aliphatic rings. The molecule has 0 saturated carbocycles. The number of benzene rings is 2. The zero-order valence-corrected chi connectivity index (χ0v) is 17.8. The zero-order chi connectivity index (χ0) is 21.4. The van der Waals surface area contributed by atoms with E-state index in [1.165, 1.54) is 17.5 Å². The molecule has 0 saturated heterocycles. The van der Waals surface area contributed by atoms with E-state index in [2.05, 4.69) is 77.8 Å². The average molecular weight is 411 g/mol. The number of nitrogens with zero attached hydrogens (tertiary/aromatic N) is 3. The monoisotopic (exact) mass is 410 g/mol. The number of anilines is 1. The van der Waals surface area contributed by atoms with Gasteiger partial charge in [-0.3, -0.25) is 4.79 Å². The van der Waals surface area contributed by atoms with Crippen LogP contribution in [0.3, 0.4) is 0 Å². The standard InChI is InChI=1S/C26H26N4O/c1-17(2)19-9-11-20(12-10-19)21-14-22-25(24(31)15-21)23(30-26(29-22)27-16-28-30)13-8-18-6-4-3-5-7-18/h3-13,16-17,21,23H,14-15H2,1-2H3,(H,27,28,29). The van der Waals surface area contributed by atoms with Gasteiger partial charge in [-0.2, -0.15) is 10.1 Å². The molecule has 156 valence electrons. The van der Waals surface area contributed by atoms with Gasteiger partial charge < -0.3 is 5.32 Å². The van der Waals surface area contributed by atoms with Gasteiger partial charge in [0, 0.05) is 17.7 Å². The maximum atomic E-state index is 13.3. The van der Waals surface area contributed by atoms with Crippen LogP contribution in [0.4, 0.5) is 5.95 Å². The van der Waals surface area contributed by atoms with Gasteiger partial charge in [-0.1, -0.05) is 80.6 Å². The molecule has 1 aromatic heterocycles. The van der Waals surface area contributed by atoms with Crippen molar-refractivity contribution in [2.75, 3.05) is 5.32 Å². The summed E-state index contributed by atoms with van der Waals surface area (Å²) in [7, 11) is 0. The Balaban J connectivity index is 1.47. The van der Waals surface area contributed by atoms with E-state index in [1.54, 1.807) is 4.68 Å². The maximum absolute atomic E-state index is 13.3. The number of hydrogen-bond donors (Lipinski definition) is 1. The van der Waals surface area contributed by atoms with Gasteiger partial charge in [-0.05, 0) is 34.9 Å². The lowest BCUT2D eigenvalue weighted by atomic mass is 9.78. The van der Waals surface area contributed by atoms with Crippen LogP contribution >= 0.6 is 0 Å². The molecular formula is C26H26N4O. The second-order valence-corrected chi connectivity index (χ2v) is 8.61. The van der Waals surface area contributed by atoms with Gasteiger partial charge in [0.25, 0.3) is 0 Å². The van der Waals surface area contributed by atoms with Gasteiger partial charge in [-0.15, -0.1) is 0 Å². The Morgan fingerprint density at radius 3 is 2.58 bits per heavy atom. The minimum Gasteiger partial charge on any atom is -0.328 e. The highest BCUT2D eigenvalue weighted by atomic mass is 16.1. The lowest BCUT2D eigenvalue weighted by Crippen LogP contribution is -2.32. The molecule has 5 heteroatoms. The van der Waals surface area contributed by atoms with Crippen LogP contribution in [0.2, 0.25) is 0 Å². The van der Waals surface area contributed by atoms with E-state index in [1.807, 2.05) is 18.2 Å². The summed E-state index contributed by atoms with van der Waals surface area (Å²) in [6.45, 7) is 4.39. The highest BCUT2D eigenvalue weighted by Gasteiger charge is 2.37. The molecule has 2 aromatic carbocycles. The summed E-state index contributed by atoms with van der Waals surface area (Å²) in [5.41, 5.74) is 5.41. The molecular weight excluding hydrogens is 384 g/mol. The Kier molecular flexibility index (Phi) is 5.02. The van der Waals surface area contributed by atoms with Crippen molar-refractivity contribution < 1.29 is 4.79 Å². The molecule has 2 atom stereocenters. The first-order valence-electron chi connectivity index (χ1n) is 10.9. The van der Waals surface area contributed by atoms with E-state index in [-0.39, 0.29) is 17.7 Å². The zero-order valence-electron chi connectivity index (χ0n) is 17.8. The quantitative estimate of drug-likeness (QED) is 0.618. The molecule has 0 fully saturated rings. The van der Waals surface area contributed by atoms with Crippen LogP contribution in [0.1, 0.15) is 61.3 Å². The predicted molar refractivity (Wildman–Crippen MR) is 123 cm³/mol. The molecule has 1 aliphatic heterocycles. The number of aromatic nitrogens is 3. The molecule has 5 rings (SSSR count). The van der Waals surface area contributed by atoms with Crippen LogP contribution in [0.25, 0.3) is 6.08 Å². The third-order valence-electron chi connectivity index (χ3n) is 6.25. The average Bonchev–Trinajstić information content (AvgIpc) is 3.26. The number of rotatable bonds is 4. The molecule has 0 amide bonds. The van der Waals surface area contributed by atoms with E-state index in [0.29, 0.717) is 18.3 Å². The molecule has 31 heavy (non-hydrogen) atoms. The summed E-state index contributed by atoms with van der Waals surface area (Å²) in [6.07, 6.45) is 6.96. The van der Waals surface area contributed by atoms with Gasteiger partial charge in [0.1, 0.15) is 12.4 Å². The second-order valence-electron chi connectivity index (χ2n) is 8.61. The highest BCUT2D eigenvalue weighted by Crippen LogP contribution is 2.42. The summed E-state index contributed by atoms with van der Waals surface area (Å²) >= 11 is 0. The van der Waals surface area contributed by atoms with Crippen LogP contribution in [0.5, 0.6) is 0 Å². The van der Waals surface area contributed by atoms with E-state index < -0.39 is 0 Å². The van der Waals surface area contributed by atoms with E-state index >= 15 is 0 Å². The summed E-state index contributed by atoms with van der Waals surface area (Å²) in [4.78, 5) is 17.7. The second kappa shape index (κ2) is 7.99. The van der Waals surface area contributed by atoms with Crippen molar-refractivity contribution in [3.8, 4) is 0 Å². The minimum atomic E-state index is -0.245. The normalized spacial score (nSPS) is 20.7. The topological polar surface area (TPSA) is 59.8 Å². The molecule has 0 spiro atoms. The van der Waals surface area contributed by atoms with Crippen molar-refractivity contribution in [1.29, 1.82) is 0 Å². The van der Waals surface area contributed by atoms with Crippen molar-refractivity contribution in [3.05, 3.63) is 95.0 Å². The number of ketones is 1. The summed E-state index contributed by atoms with van der Waals surface area (Å²) in [6, 6.07) is 18.6. The SMILES string of the molecule is CC(C)c1ccc(C2CC(=O)C3=C(C2)Nc2ncnn2C3C=Cc2ccccc2)cc1. The Bertz CT molecular complexity index is 1160. The minimum absolute atomic E-state index is 0.174. The number of allylic oxidation sites excluding steroid dienone is 3. The number of fused-ring (bicyclic) bond motifs is 1. The Labute approximate surface area is 182 Å². The highest BCUT2D eigenvalue weighted by molar-refractivity contribution is 6.00. The fraction of sp³-hybridized carbons (Fsp3) is 0.269. The van der Waals surface area contributed by atoms with Crippen molar-refractivity contribution in [2.24, 2.45) is 0 Å². The molecule has 1 N–H and O–H groups in total. The van der Waals surface area contributed by atoms with Crippen molar-refractivity contribution in [2.45, 2.75) is 44.6 Å². The largest absolute Gasteiger partial charge is 0.328 e. The van der Waals surface area contributed by atoms with Crippen molar-refractivity contribution in [1.82, 2.24) is 14.8 Å². The van der Waals surface area contributed by atoms with Gasteiger partial charge in [-0.25, -0.2) is 4.68 Å². The Morgan fingerprint density at radius 1 is 1.06 bits per heavy atom. The Hall–Kier alpha value is -3.47. The number of hydrogen-bond acceptors (Lipinski definition) is 4. The summed E-state index contributed by atoms with van der Waals surface area (Å²) in [5, 5.41) is 7.77. The number of carbonyl (C=O) groups excluding carboxylic acids is 1. The molecule has 3 aromatic rings. The first kappa shape index (κ1) is 19.5. The van der Waals surface area contributed by atoms with Gasteiger partial charge in [0.2, 0.25) is 5.95 Å². The first-order chi connectivity index (χ1) is 15.1. The van der Waals surface area contributed by atoms with E-state index in [9.17, 15) is 4.79 Å². The summed E-state index contributed by atoms with van der Waals surface area (Å²) < 4.78 is 1.80. The number of carbonyl (C=O) groups is 1. The first-order valence-corrected chi connectivity index (χ1v) is 10.9.